The summed E-state index contributed by atoms with van der Waals surface area (Å²) in [5.41, 5.74) is 0. The first-order valence-electron chi connectivity index (χ1n) is 2.80. The normalized spacial score (nSPS) is 10.0. The summed E-state index contributed by atoms with van der Waals surface area (Å²) in [5.74, 6) is -0.201. The Labute approximate surface area is 54.4 Å². The third kappa shape index (κ3) is 5.03. The first-order chi connectivity index (χ1) is 4.31. The summed E-state index contributed by atoms with van der Waals surface area (Å²) in [5, 5.41) is 12.2. The van der Waals surface area contributed by atoms with E-state index < -0.39 is 0 Å². The highest BCUT2D eigenvalue weighted by Gasteiger charge is 1.89. The van der Waals surface area contributed by atoms with Crippen molar-refractivity contribution in [1.29, 1.82) is 0 Å². The van der Waals surface area contributed by atoms with Gasteiger partial charge in [-0.25, -0.2) is 5.11 Å². The Morgan fingerprint density at radius 3 is 2.78 bits per heavy atom. The zero-order valence-corrected chi connectivity index (χ0v) is 5.39. The molecule has 0 unspecified atom stereocenters. The Hall–Kier alpha value is -0.830. The van der Waals surface area contributed by atoms with Crippen molar-refractivity contribution in [1.82, 2.24) is 5.32 Å². The molecule has 0 saturated heterocycles. The number of nitrogens with one attached hydrogen (secondary N) is 1. The van der Waals surface area contributed by atoms with Crippen molar-refractivity contribution in [2.24, 2.45) is 0 Å². The summed E-state index contributed by atoms with van der Waals surface area (Å²) < 4.78 is 0. The molecule has 0 atom stereocenters. The lowest BCUT2D eigenvalue weighted by Crippen LogP contribution is -2.23. The van der Waals surface area contributed by atoms with E-state index in [4.69, 9.17) is 0 Å². The zero-order valence-electron chi connectivity index (χ0n) is 5.39. The van der Waals surface area contributed by atoms with Crippen LogP contribution in [-0.4, -0.2) is 19.1 Å². The molecule has 0 fully saturated rings. The van der Waals surface area contributed by atoms with Crippen molar-refractivity contribution in [2.75, 3.05) is 13.2 Å². The Balaban J connectivity index is 3.27. The van der Waals surface area contributed by atoms with Gasteiger partial charge in [-0.2, -0.15) is 0 Å². The molecule has 0 spiro atoms. The van der Waals surface area contributed by atoms with Gasteiger partial charge in [0.05, 0.1) is 6.61 Å². The van der Waals surface area contributed by atoms with Gasteiger partial charge >= 0.3 is 0 Å². The number of rotatable bonds is 3. The molecule has 9 heavy (non-hydrogen) atoms. The van der Waals surface area contributed by atoms with Crippen LogP contribution in [0.4, 0.5) is 0 Å². The van der Waals surface area contributed by atoms with Crippen molar-refractivity contribution in [2.45, 2.75) is 6.92 Å². The Bertz CT molecular complexity index is 110. The third-order valence-electron chi connectivity index (χ3n) is 0.719. The van der Waals surface area contributed by atoms with Crippen LogP contribution in [0.1, 0.15) is 6.92 Å². The second kappa shape index (κ2) is 5.31. The minimum absolute atomic E-state index is 0.201. The Morgan fingerprint density at radius 1 is 1.67 bits per heavy atom. The van der Waals surface area contributed by atoms with Crippen LogP contribution in [0.3, 0.4) is 0 Å². The smallest absolute Gasteiger partial charge is 0.243 e. The fourth-order valence-corrected chi connectivity index (χ4v) is 0.385. The average molecular weight is 128 g/mol. The van der Waals surface area contributed by atoms with Crippen molar-refractivity contribution in [3.63, 3.8) is 0 Å². The molecule has 1 amide bonds. The van der Waals surface area contributed by atoms with E-state index in [1.54, 1.807) is 13.0 Å². The highest BCUT2D eigenvalue weighted by atomic mass is 16.3. The van der Waals surface area contributed by atoms with Crippen molar-refractivity contribution in [3.8, 4) is 0 Å². The molecule has 3 heteroatoms. The number of hydrogen-bond acceptors (Lipinski definition) is 1. The summed E-state index contributed by atoms with van der Waals surface area (Å²) in [6.07, 6.45) is 3.01. The summed E-state index contributed by atoms with van der Waals surface area (Å²) >= 11 is 0. The van der Waals surface area contributed by atoms with E-state index in [2.05, 4.69) is 5.32 Å². The topological polar surface area (TPSA) is 49.0 Å². The number of allylic oxidation sites excluding steroid dienone is 1. The predicted molar refractivity (Wildman–Crippen MR) is 33.4 cm³/mol. The van der Waals surface area contributed by atoms with Gasteiger partial charge in [-0.1, -0.05) is 6.08 Å². The molecule has 0 saturated carbocycles. The fourth-order valence-electron chi connectivity index (χ4n) is 0.385. The molecule has 0 aromatic heterocycles. The molecule has 0 aliphatic carbocycles. The Morgan fingerprint density at radius 2 is 2.33 bits per heavy atom. The van der Waals surface area contributed by atoms with Gasteiger partial charge in [-0.15, -0.1) is 0 Å². The van der Waals surface area contributed by atoms with Crippen molar-refractivity contribution >= 4 is 5.91 Å². The minimum Gasteiger partial charge on any atom is -0.350 e. The maximum absolute atomic E-state index is 10.5. The van der Waals surface area contributed by atoms with Crippen LogP contribution in [-0.2, 0) is 9.90 Å². The van der Waals surface area contributed by atoms with Crippen molar-refractivity contribution in [3.05, 3.63) is 12.2 Å². The quantitative estimate of drug-likeness (QED) is 0.539. The van der Waals surface area contributed by atoms with E-state index >= 15 is 0 Å². The second-order valence-corrected chi connectivity index (χ2v) is 1.50. The molecule has 0 heterocycles. The first kappa shape index (κ1) is 8.17. The van der Waals surface area contributed by atoms with Gasteiger partial charge < -0.3 is 5.32 Å². The predicted octanol–water partition coefficient (Wildman–Crippen LogP) is 0.109. The molecular weight excluding hydrogens is 118 g/mol. The third-order valence-corrected chi connectivity index (χ3v) is 0.719. The number of carbonyl (C=O) groups is 1. The lowest BCUT2D eigenvalue weighted by Gasteiger charge is -1.93. The van der Waals surface area contributed by atoms with Gasteiger partial charge in [0.25, 0.3) is 0 Å². The molecule has 0 aliphatic rings. The SMILES string of the molecule is CC=CC(=O)NCC[O]. The maximum Gasteiger partial charge on any atom is 0.243 e. The molecule has 0 aliphatic heterocycles. The molecule has 3 nitrogen and oxygen atoms in total. The molecule has 1 radical (unpaired) electrons. The monoisotopic (exact) mass is 128 g/mol. The summed E-state index contributed by atoms with van der Waals surface area (Å²) in [7, 11) is 0. The van der Waals surface area contributed by atoms with Crippen LogP contribution in [0.15, 0.2) is 12.2 Å². The van der Waals surface area contributed by atoms with Crippen LogP contribution >= 0.6 is 0 Å². The van der Waals surface area contributed by atoms with Crippen molar-refractivity contribution < 1.29 is 9.90 Å². The van der Waals surface area contributed by atoms with Crippen LogP contribution in [0.2, 0.25) is 0 Å². The van der Waals surface area contributed by atoms with Crippen LogP contribution in [0.25, 0.3) is 0 Å². The van der Waals surface area contributed by atoms with E-state index in [0.717, 1.165) is 0 Å². The second-order valence-electron chi connectivity index (χ2n) is 1.50. The lowest BCUT2D eigenvalue weighted by molar-refractivity contribution is -0.116. The number of amides is 1. The van der Waals surface area contributed by atoms with E-state index in [1.807, 2.05) is 0 Å². The maximum atomic E-state index is 10.5. The van der Waals surface area contributed by atoms with E-state index in [-0.39, 0.29) is 19.1 Å². The minimum atomic E-state index is -0.261. The largest absolute Gasteiger partial charge is 0.350 e. The zero-order chi connectivity index (χ0) is 7.11. The van der Waals surface area contributed by atoms with Crippen LogP contribution < -0.4 is 5.32 Å². The van der Waals surface area contributed by atoms with Gasteiger partial charge in [-0.3, -0.25) is 4.79 Å². The van der Waals surface area contributed by atoms with E-state index in [1.165, 1.54) is 6.08 Å². The van der Waals surface area contributed by atoms with Gasteiger partial charge in [0.15, 0.2) is 0 Å². The standard InChI is InChI=1S/C6H10NO2/c1-2-3-6(9)7-4-5-8/h2-3H,4-5H2,1H3,(H,7,9). The van der Waals surface area contributed by atoms with E-state index in [0.29, 0.717) is 0 Å². The molecule has 0 rings (SSSR count). The summed E-state index contributed by atoms with van der Waals surface area (Å²) in [4.78, 5) is 10.5. The van der Waals surface area contributed by atoms with Crippen LogP contribution in [0.5, 0.6) is 0 Å². The molecule has 51 valence electrons. The number of carbonyl (C=O) groups excluding carboxylic acids is 1. The molecular formula is C6H10NO2. The van der Waals surface area contributed by atoms with Gasteiger partial charge in [0.1, 0.15) is 0 Å². The molecule has 0 bridgehead atoms. The van der Waals surface area contributed by atoms with E-state index in [9.17, 15) is 9.90 Å². The molecule has 0 aromatic rings. The fraction of sp³-hybridized carbons (Fsp3) is 0.500. The van der Waals surface area contributed by atoms with Gasteiger partial charge in [0, 0.05) is 6.54 Å². The molecule has 1 N–H and O–H groups in total. The molecule has 0 aromatic carbocycles. The lowest BCUT2D eigenvalue weighted by atomic mass is 10.5. The Kier molecular flexibility index (Phi) is 4.82. The van der Waals surface area contributed by atoms with Gasteiger partial charge in [0.2, 0.25) is 5.91 Å². The highest BCUT2D eigenvalue weighted by molar-refractivity contribution is 5.87. The summed E-state index contributed by atoms with van der Waals surface area (Å²) in [6, 6.07) is 0. The first-order valence-corrected chi connectivity index (χ1v) is 2.80. The van der Waals surface area contributed by atoms with Gasteiger partial charge in [-0.05, 0) is 13.0 Å². The van der Waals surface area contributed by atoms with Crippen LogP contribution in [0, 0.1) is 0 Å². The summed E-state index contributed by atoms with van der Waals surface area (Å²) in [6.45, 7) is 1.70. The average Bonchev–Trinajstić information content (AvgIpc) is 1.85. The highest BCUT2D eigenvalue weighted by Crippen LogP contribution is 1.69. The number of hydrogen-bond donors (Lipinski definition) is 1.